The Kier molecular flexibility index (Phi) is 11.5. The van der Waals surface area contributed by atoms with Gasteiger partial charge in [-0.05, 0) is 97.4 Å². The van der Waals surface area contributed by atoms with Crippen molar-refractivity contribution < 1.29 is 10.2 Å². The maximum atomic E-state index is 10.8. The molecule has 40 heavy (non-hydrogen) atoms. The summed E-state index contributed by atoms with van der Waals surface area (Å²) in [6, 6.07) is 4.32. The molecule has 0 radical (unpaired) electrons. The Hall–Kier alpha value is 0.260. The first-order valence-corrected chi connectivity index (χ1v) is 18.1. The molecule has 2 N–H and O–H groups in total. The van der Waals surface area contributed by atoms with Crippen LogP contribution < -0.4 is 0 Å². The number of thioether (sulfide) groups is 2. The minimum Gasteiger partial charge on any atom is -0.393 e. The number of aromatic nitrogens is 1. The van der Waals surface area contributed by atoms with Gasteiger partial charge in [0.15, 0.2) is 0 Å². The molecule has 0 saturated heterocycles. The number of hydrogen-bond acceptors (Lipinski definition) is 8. The van der Waals surface area contributed by atoms with Crippen molar-refractivity contribution in [3.63, 3.8) is 0 Å². The summed E-state index contributed by atoms with van der Waals surface area (Å²) in [6.07, 6.45) is 6.69. The molecule has 0 fully saturated rings. The Morgan fingerprint density at radius 2 is 1.40 bits per heavy atom. The standard InChI is InChI=1S/C31H45NO2S6/c1-30(2,17-23-24(35)15-25-21(28(23)37)9-13-39-25)11-7-19(33)5-6-20(34)8-12-31(3,4)18-32-27(36)16-26-22(29(32)38)10-14-40-26/h15-16,19-20,33-35,37-38H,5-14,17-18H2,1-4H3. The molecule has 3 nitrogen and oxygen atoms in total. The topological polar surface area (TPSA) is 45.4 Å². The van der Waals surface area contributed by atoms with Crippen molar-refractivity contribution >= 4 is 73.6 Å². The number of nitrogens with zero attached hydrogens (tertiary/aromatic N) is 1. The van der Waals surface area contributed by atoms with Gasteiger partial charge in [0, 0.05) is 37.6 Å². The van der Waals surface area contributed by atoms with Crippen LogP contribution in [0.5, 0.6) is 0 Å². The minimum atomic E-state index is -0.412. The normalized spacial score (nSPS) is 16.7. The molecular formula is C31H45NO2S6. The number of pyridine rings is 1. The van der Waals surface area contributed by atoms with Crippen LogP contribution >= 0.6 is 73.6 Å². The number of benzene rings is 1. The van der Waals surface area contributed by atoms with Crippen LogP contribution in [0.3, 0.4) is 0 Å². The number of aliphatic hydroxyl groups is 2. The smallest absolute Gasteiger partial charge is 0.107 e. The number of aliphatic hydroxyl groups excluding tert-OH is 2. The molecule has 4 rings (SSSR count). The Labute approximate surface area is 271 Å². The van der Waals surface area contributed by atoms with Gasteiger partial charge in [0.1, 0.15) is 4.64 Å². The van der Waals surface area contributed by atoms with E-state index >= 15 is 0 Å². The van der Waals surface area contributed by atoms with Gasteiger partial charge in [0.25, 0.3) is 0 Å². The fourth-order valence-corrected chi connectivity index (χ4v) is 9.93. The average molecular weight is 656 g/mol. The van der Waals surface area contributed by atoms with E-state index in [9.17, 15) is 10.2 Å². The molecule has 2 aliphatic rings. The van der Waals surface area contributed by atoms with Crippen LogP contribution in [0.25, 0.3) is 0 Å². The van der Waals surface area contributed by atoms with Crippen LogP contribution in [0, 0.1) is 15.5 Å². The third-order valence-electron chi connectivity index (χ3n) is 8.39. The Bertz CT molecular complexity index is 1270. The summed E-state index contributed by atoms with van der Waals surface area (Å²) < 4.78 is 3.00. The van der Waals surface area contributed by atoms with E-state index in [2.05, 4.69) is 44.4 Å². The second-order valence-electron chi connectivity index (χ2n) is 13.1. The van der Waals surface area contributed by atoms with E-state index in [1.54, 1.807) is 0 Å². The molecule has 1 aromatic heterocycles. The van der Waals surface area contributed by atoms with E-state index in [1.807, 2.05) is 23.5 Å². The van der Waals surface area contributed by atoms with Crippen LogP contribution in [0.15, 0.2) is 36.7 Å². The zero-order valence-electron chi connectivity index (χ0n) is 24.2. The third-order valence-corrected chi connectivity index (χ3v) is 12.3. The summed E-state index contributed by atoms with van der Waals surface area (Å²) in [6.45, 7) is 9.79. The zero-order chi connectivity index (χ0) is 29.2. The van der Waals surface area contributed by atoms with Crippen molar-refractivity contribution in [3.8, 4) is 0 Å². The lowest BCUT2D eigenvalue weighted by Crippen LogP contribution is -2.24. The van der Waals surface area contributed by atoms with Gasteiger partial charge in [0.2, 0.25) is 0 Å². The number of thiol groups is 3. The second kappa shape index (κ2) is 13.9. The lowest BCUT2D eigenvalue weighted by Gasteiger charge is -2.29. The van der Waals surface area contributed by atoms with E-state index in [0.717, 1.165) is 76.0 Å². The lowest BCUT2D eigenvalue weighted by molar-refractivity contribution is 0.0861. The summed E-state index contributed by atoms with van der Waals surface area (Å²) >= 11 is 24.0. The third kappa shape index (κ3) is 8.46. The predicted molar refractivity (Wildman–Crippen MR) is 183 cm³/mol. The van der Waals surface area contributed by atoms with Gasteiger partial charge in [0.05, 0.1) is 17.2 Å². The molecule has 0 aliphatic carbocycles. The van der Waals surface area contributed by atoms with Crippen LogP contribution in [0.1, 0.15) is 82.9 Å². The highest BCUT2D eigenvalue weighted by Crippen LogP contribution is 2.42. The molecule has 3 heterocycles. The fourth-order valence-electron chi connectivity index (χ4n) is 5.82. The molecule has 1 aromatic carbocycles. The molecule has 222 valence electrons. The van der Waals surface area contributed by atoms with E-state index in [-0.39, 0.29) is 10.8 Å². The molecule has 2 aromatic rings. The predicted octanol–water partition coefficient (Wildman–Crippen LogP) is 8.74. The van der Waals surface area contributed by atoms with Crippen LogP contribution in [-0.4, -0.2) is 38.5 Å². The fraction of sp³-hybridized carbons (Fsp3) is 0.645. The second-order valence-corrected chi connectivity index (χ2v) is 17.1. The first-order chi connectivity index (χ1) is 18.8. The van der Waals surface area contributed by atoms with Gasteiger partial charge in [-0.3, -0.25) is 0 Å². The van der Waals surface area contributed by atoms with Gasteiger partial charge in [-0.2, -0.15) is 0 Å². The van der Waals surface area contributed by atoms with E-state index < -0.39 is 12.2 Å². The van der Waals surface area contributed by atoms with Crippen molar-refractivity contribution in [2.45, 2.75) is 129 Å². The van der Waals surface area contributed by atoms with Crippen LogP contribution in [0.4, 0.5) is 0 Å². The molecule has 2 aliphatic heterocycles. The summed E-state index contributed by atoms with van der Waals surface area (Å²) in [7, 11) is 0. The molecular weight excluding hydrogens is 611 g/mol. The highest BCUT2D eigenvalue weighted by Gasteiger charge is 2.27. The number of hydrogen-bond donors (Lipinski definition) is 5. The molecule has 0 bridgehead atoms. The van der Waals surface area contributed by atoms with Crippen molar-refractivity contribution in [1.29, 1.82) is 0 Å². The van der Waals surface area contributed by atoms with Crippen molar-refractivity contribution in [1.82, 2.24) is 4.57 Å². The number of fused-ring (bicyclic) bond motifs is 2. The minimum absolute atomic E-state index is 0.0206. The van der Waals surface area contributed by atoms with E-state index in [0.29, 0.717) is 19.3 Å². The Morgan fingerprint density at radius 1 is 0.850 bits per heavy atom. The average Bonchev–Trinajstić information content (AvgIpc) is 3.55. The van der Waals surface area contributed by atoms with Gasteiger partial charge < -0.3 is 14.8 Å². The van der Waals surface area contributed by atoms with Gasteiger partial charge in [-0.1, -0.05) is 39.9 Å². The summed E-state index contributed by atoms with van der Waals surface area (Å²) in [5, 5.41) is 22.5. The maximum Gasteiger partial charge on any atom is 0.107 e. The molecule has 2 atom stereocenters. The van der Waals surface area contributed by atoms with Gasteiger partial charge in [-0.25, -0.2) is 0 Å². The molecule has 2 unspecified atom stereocenters. The van der Waals surface area contributed by atoms with Gasteiger partial charge >= 0.3 is 0 Å². The lowest BCUT2D eigenvalue weighted by atomic mass is 9.80. The van der Waals surface area contributed by atoms with Crippen molar-refractivity contribution in [2.24, 2.45) is 10.8 Å². The zero-order valence-corrected chi connectivity index (χ0v) is 29.3. The number of rotatable bonds is 13. The highest BCUT2D eigenvalue weighted by atomic mass is 32.2. The molecule has 0 saturated carbocycles. The quantitative estimate of drug-likeness (QED) is 0.110. The summed E-state index contributed by atoms with van der Waals surface area (Å²) in [4.78, 5) is 4.74. The Morgan fingerprint density at radius 3 is 2.02 bits per heavy atom. The van der Waals surface area contributed by atoms with Crippen molar-refractivity contribution in [3.05, 3.63) is 33.5 Å². The SMILES string of the molecule is CC(C)(CCC(O)CCC(O)CCC(C)(C)Cn1c(S)c2c(cc1=S)SCC2)Cc1c(S)cc2c(c1S)CCS2. The molecule has 0 amide bonds. The monoisotopic (exact) mass is 655 g/mol. The largest absolute Gasteiger partial charge is 0.393 e. The first kappa shape index (κ1) is 33.2. The highest BCUT2D eigenvalue weighted by molar-refractivity contribution is 8.00. The maximum absolute atomic E-state index is 10.8. The molecule has 9 heteroatoms. The van der Waals surface area contributed by atoms with E-state index in [1.165, 1.54) is 26.5 Å². The summed E-state index contributed by atoms with van der Waals surface area (Å²) in [5.74, 6) is 2.22. The first-order valence-electron chi connectivity index (χ1n) is 14.4. The van der Waals surface area contributed by atoms with Crippen LogP contribution in [-0.2, 0) is 25.8 Å². The Balaban J connectivity index is 1.22. The van der Waals surface area contributed by atoms with E-state index in [4.69, 9.17) is 50.1 Å². The summed E-state index contributed by atoms with van der Waals surface area (Å²) in [5.41, 5.74) is 3.93. The molecule has 0 spiro atoms. The van der Waals surface area contributed by atoms with Crippen molar-refractivity contribution in [2.75, 3.05) is 11.5 Å². The van der Waals surface area contributed by atoms with Crippen LogP contribution in [0.2, 0.25) is 0 Å². The van der Waals surface area contributed by atoms with Gasteiger partial charge in [-0.15, -0.1) is 61.4 Å².